The van der Waals surface area contributed by atoms with Crippen molar-refractivity contribution in [3.63, 3.8) is 0 Å². The van der Waals surface area contributed by atoms with E-state index in [4.69, 9.17) is 5.73 Å². The zero-order valence-corrected chi connectivity index (χ0v) is 11.8. The van der Waals surface area contributed by atoms with Crippen molar-refractivity contribution < 1.29 is 5.11 Å². The topological polar surface area (TPSA) is 49.5 Å². The molecule has 1 aliphatic carbocycles. The summed E-state index contributed by atoms with van der Waals surface area (Å²) in [7, 11) is 2.12. The molecule has 1 rings (SSSR count). The molecule has 0 heterocycles. The molecule has 0 spiro atoms. The van der Waals surface area contributed by atoms with Crippen molar-refractivity contribution in [3.05, 3.63) is 0 Å². The minimum absolute atomic E-state index is 0.255. The number of hydrogen-bond donors (Lipinski definition) is 2. The van der Waals surface area contributed by atoms with Crippen molar-refractivity contribution in [2.24, 2.45) is 11.1 Å². The summed E-state index contributed by atoms with van der Waals surface area (Å²) in [5.74, 6) is 0. The Bertz CT molecular complexity index is 222. The van der Waals surface area contributed by atoms with Gasteiger partial charge < -0.3 is 15.7 Å². The van der Waals surface area contributed by atoms with Gasteiger partial charge in [0, 0.05) is 6.54 Å². The van der Waals surface area contributed by atoms with Crippen LogP contribution in [0.1, 0.15) is 52.4 Å². The zero-order chi connectivity index (χ0) is 12.9. The summed E-state index contributed by atoms with van der Waals surface area (Å²) in [6.07, 6.45) is 6.65. The van der Waals surface area contributed by atoms with Crippen LogP contribution in [0.3, 0.4) is 0 Å². The molecule has 0 unspecified atom stereocenters. The molecule has 0 aromatic carbocycles. The van der Waals surface area contributed by atoms with Gasteiger partial charge in [-0.3, -0.25) is 0 Å². The van der Waals surface area contributed by atoms with E-state index in [1.807, 2.05) is 0 Å². The van der Waals surface area contributed by atoms with Gasteiger partial charge in [-0.2, -0.15) is 0 Å². The van der Waals surface area contributed by atoms with Crippen LogP contribution in [-0.4, -0.2) is 42.3 Å². The molecule has 0 aromatic heterocycles. The summed E-state index contributed by atoms with van der Waals surface area (Å²) in [4.78, 5) is 2.28. The number of likely N-dealkylation sites (N-methyl/N-ethyl adjacent to an activating group) is 1. The third-order valence-electron chi connectivity index (χ3n) is 4.04. The van der Waals surface area contributed by atoms with Gasteiger partial charge in [-0.25, -0.2) is 0 Å². The zero-order valence-electron chi connectivity index (χ0n) is 11.8. The molecular formula is C14H30N2O. The fourth-order valence-corrected chi connectivity index (χ4v) is 2.70. The lowest BCUT2D eigenvalue weighted by Crippen LogP contribution is -2.39. The van der Waals surface area contributed by atoms with Crippen molar-refractivity contribution in [2.45, 2.75) is 58.0 Å². The maximum Gasteiger partial charge on any atom is 0.0774 e. The average Bonchev–Trinajstić information content (AvgIpc) is 2.64. The largest absolute Gasteiger partial charge is 0.389 e. The number of nitrogens with two attached hydrogens (primary N) is 1. The van der Waals surface area contributed by atoms with Crippen LogP contribution in [0.15, 0.2) is 0 Å². The number of hydrogen-bond acceptors (Lipinski definition) is 3. The molecule has 102 valence electrons. The SMILES string of the molecule is CN(CCCC(C)(C)CN)CC1(O)CCCC1. The second-order valence-corrected chi connectivity index (χ2v) is 6.64. The Balaban J connectivity index is 2.19. The van der Waals surface area contributed by atoms with Crippen molar-refractivity contribution in [1.29, 1.82) is 0 Å². The number of nitrogens with zero attached hydrogens (tertiary/aromatic N) is 1. The third kappa shape index (κ3) is 5.36. The number of aliphatic hydroxyl groups is 1. The second-order valence-electron chi connectivity index (χ2n) is 6.64. The van der Waals surface area contributed by atoms with Crippen molar-refractivity contribution in [3.8, 4) is 0 Å². The second kappa shape index (κ2) is 6.17. The van der Waals surface area contributed by atoms with Crippen molar-refractivity contribution in [1.82, 2.24) is 4.90 Å². The Kier molecular flexibility index (Phi) is 5.42. The molecule has 0 aromatic rings. The first-order valence-corrected chi connectivity index (χ1v) is 6.98. The molecule has 0 atom stereocenters. The van der Waals surface area contributed by atoms with E-state index < -0.39 is 5.60 Å². The number of rotatable bonds is 7. The molecule has 17 heavy (non-hydrogen) atoms. The predicted molar refractivity (Wildman–Crippen MR) is 73.0 cm³/mol. The quantitative estimate of drug-likeness (QED) is 0.718. The van der Waals surface area contributed by atoms with E-state index in [2.05, 4.69) is 25.8 Å². The first kappa shape index (κ1) is 14.9. The molecule has 0 saturated heterocycles. The van der Waals surface area contributed by atoms with E-state index in [1.165, 1.54) is 12.8 Å². The predicted octanol–water partition coefficient (Wildman–Crippen LogP) is 1.99. The van der Waals surface area contributed by atoms with Crippen LogP contribution >= 0.6 is 0 Å². The summed E-state index contributed by atoms with van der Waals surface area (Å²) in [6.45, 7) is 7.08. The molecule has 0 aliphatic heterocycles. The molecule has 1 fully saturated rings. The molecule has 3 heteroatoms. The molecule has 0 radical (unpaired) electrons. The monoisotopic (exact) mass is 242 g/mol. The molecule has 0 amide bonds. The van der Waals surface area contributed by atoms with Gasteiger partial charge >= 0.3 is 0 Å². The van der Waals surface area contributed by atoms with Gasteiger partial charge in [-0.15, -0.1) is 0 Å². The van der Waals surface area contributed by atoms with Gasteiger partial charge in [0.05, 0.1) is 5.60 Å². The Morgan fingerprint density at radius 1 is 1.29 bits per heavy atom. The summed E-state index contributed by atoms with van der Waals surface area (Å²) in [5, 5.41) is 10.3. The highest BCUT2D eigenvalue weighted by atomic mass is 16.3. The summed E-state index contributed by atoms with van der Waals surface area (Å²) < 4.78 is 0. The van der Waals surface area contributed by atoms with Gasteiger partial charge in [0.1, 0.15) is 0 Å². The Hall–Kier alpha value is -0.120. The molecule has 1 saturated carbocycles. The normalized spacial score (nSPS) is 20.1. The Morgan fingerprint density at radius 2 is 1.88 bits per heavy atom. The Labute approximate surface area is 106 Å². The van der Waals surface area contributed by atoms with Crippen LogP contribution in [0.25, 0.3) is 0 Å². The van der Waals surface area contributed by atoms with Crippen LogP contribution in [0, 0.1) is 5.41 Å². The fourth-order valence-electron chi connectivity index (χ4n) is 2.70. The highest BCUT2D eigenvalue weighted by Gasteiger charge is 2.31. The first-order chi connectivity index (χ1) is 7.87. The molecular weight excluding hydrogens is 212 g/mol. The molecule has 3 N–H and O–H groups in total. The molecule has 0 bridgehead atoms. The Morgan fingerprint density at radius 3 is 2.41 bits per heavy atom. The highest BCUT2D eigenvalue weighted by Crippen LogP contribution is 2.30. The van der Waals surface area contributed by atoms with Gasteiger partial charge in [0.25, 0.3) is 0 Å². The highest BCUT2D eigenvalue weighted by molar-refractivity contribution is 4.86. The average molecular weight is 242 g/mol. The summed E-state index contributed by atoms with van der Waals surface area (Å²) in [6, 6.07) is 0. The van der Waals surface area contributed by atoms with Gasteiger partial charge in [0.15, 0.2) is 0 Å². The molecule has 1 aliphatic rings. The van der Waals surface area contributed by atoms with E-state index in [9.17, 15) is 5.11 Å². The van der Waals surface area contributed by atoms with Gasteiger partial charge in [-0.05, 0) is 51.2 Å². The fraction of sp³-hybridized carbons (Fsp3) is 1.00. The van der Waals surface area contributed by atoms with Gasteiger partial charge in [0.2, 0.25) is 0 Å². The van der Waals surface area contributed by atoms with E-state index >= 15 is 0 Å². The lowest BCUT2D eigenvalue weighted by molar-refractivity contribution is 0.0156. The maximum absolute atomic E-state index is 10.3. The standard InChI is InChI=1S/C14H30N2O/c1-13(2,11-15)7-6-10-16(3)12-14(17)8-4-5-9-14/h17H,4-12,15H2,1-3H3. The first-order valence-electron chi connectivity index (χ1n) is 6.98. The minimum Gasteiger partial charge on any atom is -0.389 e. The summed E-state index contributed by atoms with van der Waals surface area (Å²) >= 11 is 0. The lowest BCUT2D eigenvalue weighted by atomic mass is 9.88. The van der Waals surface area contributed by atoms with Crippen molar-refractivity contribution in [2.75, 3.05) is 26.7 Å². The van der Waals surface area contributed by atoms with E-state index in [-0.39, 0.29) is 5.41 Å². The van der Waals surface area contributed by atoms with Crippen LogP contribution in [0.2, 0.25) is 0 Å². The lowest BCUT2D eigenvalue weighted by Gasteiger charge is -2.29. The van der Waals surface area contributed by atoms with E-state index in [0.717, 1.165) is 45.3 Å². The van der Waals surface area contributed by atoms with E-state index in [1.54, 1.807) is 0 Å². The van der Waals surface area contributed by atoms with Crippen LogP contribution < -0.4 is 5.73 Å². The van der Waals surface area contributed by atoms with Crippen molar-refractivity contribution >= 4 is 0 Å². The molecule has 3 nitrogen and oxygen atoms in total. The van der Waals surface area contributed by atoms with E-state index in [0.29, 0.717) is 0 Å². The maximum atomic E-state index is 10.3. The smallest absolute Gasteiger partial charge is 0.0774 e. The van der Waals surface area contributed by atoms with Gasteiger partial charge in [-0.1, -0.05) is 26.7 Å². The van der Waals surface area contributed by atoms with Crippen LogP contribution in [-0.2, 0) is 0 Å². The van der Waals surface area contributed by atoms with Crippen LogP contribution in [0.4, 0.5) is 0 Å². The third-order valence-corrected chi connectivity index (χ3v) is 4.04. The van der Waals surface area contributed by atoms with Crippen LogP contribution in [0.5, 0.6) is 0 Å². The minimum atomic E-state index is -0.405. The summed E-state index contributed by atoms with van der Waals surface area (Å²) in [5.41, 5.74) is 5.57.